The van der Waals surface area contributed by atoms with E-state index in [1.54, 1.807) is 11.0 Å². The number of ether oxygens (including phenoxy) is 1. The predicted octanol–water partition coefficient (Wildman–Crippen LogP) is 3.08. The summed E-state index contributed by atoms with van der Waals surface area (Å²) in [5.74, 6) is 1.49. The number of nitrogens with one attached hydrogen (secondary N) is 1. The molecule has 154 valence electrons. The molecule has 3 heterocycles. The largest absolute Gasteiger partial charge is 0.476 e. The Morgan fingerprint density at radius 1 is 1.10 bits per heavy atom. The van der Waals surface area contributed by atoms with Crippen molar-refractivity contribution in [2.45, 2.75) is 31.8 Å². The minimum atomic E-state index is -0.696. The fraction of sp³-hybridized carbons (Fsp3) is 0.348. The number of fused-ring (bicyclic) bond motifs is 2. The number of amides is 2. The van der Waals surface area contributed by atoms with Crippen LogP contribution in [0.15, 0.2) is 48.5 Å². The van der Waals surface area contributed by atoms with Crippen LogP contribution in [0.4, 0.5) is 5.69 Å². The first-order valence-corrected chi connectivity index (χ1v) is 10.4. The van der Waals surface area contributed by atoms with Crippen molar-refractivity contribution < 1.29 is 14.3 Å². The Balaban J connectivity index is 1.35. The highest BCUT2D eigenvalue weighted by Crippen LogP contribution is 2.34. The number of benzene rings is 2. The Labute approximate surface area is 174 Å². The molecule has 0 radical (unpaired) electrons. The van der Waals surface area contributed by atoms with Gasteiger partial charge in [-0.1, -0.05) is 24.3 Å². The minimum absolute atomic E-state index is 0.0726. The first-order chi connectivity index (χ1) is 14.6. The van der Waals surface area contributed by atoms with Gasteiger partial charge < -0.3 is 19.5 Å². The van der Waals surface area contributed by atoms with Gasteiger partial charge in [-0.3, -0.25) is 9.59 Å². The zero-order chi connectivity index (χ0) is 20.7. The summed E-state index contributed by atoms with van der Waals surface area (Å²) in [5, 5.41) is 0. The van der Waals surface area contributed by atoms with Crippen LogP contribution in [0, 0.1) is 0 Å². The van der Waals surface area contributed by atoms with E-state index >= 15 is 0 Å². The van der Waals surface area contributed by atoms with Crippen LogP contribution in [0.5, 0.6) is 5.75 Å². The smallest absolute Gasteiger partial charge is 0.265 e. The number of piperidine rings is 1. The molecular formula is C23H24N4O3. The van der Waals surface area contributed by atoms with Crippen molar-refractivity contribution in [3.8, 4) is 5.75 Å². The van der Waals surface area contributed by atoms with Crippen LogP contribution in [0.25, 0.3) is 11.0 Å². The van der Waals surface area contributed by atoms with E-state index in [-0.39, 0.29) is 24.3 Å². The number of imidazole rings is 1. The maximum Gasteiger partial charge on any atom is 0.265 e. The van der Waals surface area contributed by atoms with E-state index in [0.717, 1.165) is 29.7 Å². The summed E-state index contributed by atoms with van der Waals surface area (Å²) in [5.41, 5.74) is 2.67. The van der Waals surface area contributed by atoms with Crippen LogP contribution in [0.3, 0.4) is 0 Å². The summed E-state index contributed by atoms with van der Waals surface area (Å²) in [6, 6.07) is 15.3. The molecule has 1 fully saturated rings. The highest BCUT2D eigenvalue weighted by Gasteiger charge is 2.37. The number of hydrogen-bond acceptors (Lipinski definition) is 4. The first-order valence-electron chi connectivity index (χ1n) is 10.4. The topological polar surface area (TPSA) is 78.5 Å². The van der Waals surface area contributed by atoms with Gasteiger partial charge in [-0.25, -0.2) is 4.98 Å². The number of likely N-dealkylation sites (tertiary alicyclic amines) is 1. The number of para-hydroxylation sites is 4. The fourth-order valence-electron chi connectivity index (χ4n) is 4.43. The molecule has 0 unspecified atom stereocenters. The van der Waals surface area contributed by atoms with Crippen LogP contribution in [-0.4, -0.2) is 52.4 Å². The van der Waals surface area contributed by atoms with Gasteiger partial charge in [0.2, 0.25) is 5.91 Å². The number of hydrogen-bond donors (Lipinski definition) is 1. The molecule has 5 rings (SSSR count). The average molecular weight is 404 g/mol. The highest BCUT2D eigenvalue weighted by atomic mass is 16.5. The molecule has 2 atom stereocenters. The Bertz CT molecular complexity index is 1080. The summed E-state index contributed by atoms with van der Waals surface area (Å²) in [4.78, 5) is 37.1. The molecule has 1 N–H and O–H groups in total. The SMILES string of the molecule is CC(=O)N1C[C@@H](C(=O)N2CCC[C@H](c3nc4ccccc4[nH]3)C2)Oc2ccccc21. The van der Waals surface area contributed by atoms with Crippen molar-refractivity contribution in [2.75, 3.05) is 24.5 Å². The molecule has 0 bridgehead atoms. The lowest BCUT2D eigenvalue weighted by Crippen LogP contribution is -2.53. The zero-order valence-electron chi connectivity index (χ0n) is 16.9. The molecule has 0 saturated carbocycles. The Kier molecular flexibility index (Phi) is 4.65. The maximum absolute atomic E-state index is 13.3. The van der Waals surface area contributed by atoms with E-state index in [1.165, 1.54) is 6.92 Å². The number of carbonyl (C=O) groups is 2. The number of rotatable bonds is 2. The lowest BCUT2D eigenvalue weighted by molar-refractivity contribution is -0.140. The molecule has 1 aromatic heterocycles. The molecular weight excluding hydrogens is 380 g/mol. The van der Waals surface area contributed by atoms with Gasteiger partial charge in [0.25, 0.3) is 5.91 Å². The fourth-order valence-corrected chi connectivity index (χ4v) is 4.43. The van der Waals surface area contributed by atoms with Crippen LogP contribution in [-0.2, 0) is 9.59 Å². The lowest BCUT2D eigenvalue weighted by atomic mass is 9.96. The van der Waals surface area contributed by atoms with Crippen molar-refractivity contribution in [3.63, 3.8) is 0 Å². The number of aromatic amines is 1. The molecule has 2 amide bonds. The summed E-state index contributed by atoms with van der Waals surface area (Å²) < 4.78 is 6.01. The van der Waals surface area contributed by atoms with E-state index < -0.39 is 6.10 Å². The van der Waals surface area contributed by atoms with Gasteiger partial charge in [0.15, 0.2) is 6.10 Å². The Hall–Kier alpha value is -3.35. The van der Waals surface area contributed by atoms with E-state index in [1.807, 2.05) is 47.4 Å². The van der Waals surface area contributed by atoms with Crippen molar-refractivity contribution in [3.05, 3.63) is 54.4 Å². The molecule has 0 spiro atoms. The quantitative estimate of drug-likeness (QED) is 0.712. The van der Waals surface area contributed by atoms with E-state index in [0.29, 0.717) is 24.5 Å². The van der Waals surface area contributed by atoms with E-state index in [4.69, 9.17) is 9.72 Å². The van der Waals surface area contributed by atoms with Gasteiger partial charge in [0, 0.05) is 25.9 Å². The number of nitrogens with zero attached hydrogens (tertiary/aromatic N) is 3. The second kappa shape index (κ2) is 7.48. The van der Waals surface area contributed by atoms with Gasteiger partial charge >= 0.3 is 0 Å². The van der Waals surface area contributed by atoms with Crippen LogP contribution < -0.4 is 9.64 Å². The number of carbonyl (C=O) groups excluding carboxylic acids is 2. The average Bonchev–Trinajstić information content (AvgIpc) is 3.22. The lowest BCUT2D eigenvalue weighted by Gasteiger charge is -2.38. The third kappa shape index (κ3) is 3.30. The molecule has 0 aliphatic carbocycles. The predicted molar refractivity (Wildman–Crippen MR) is 114 cm³/mol. The number of anilines is 1. The molecule has 2 aliphatic rings. The Morgan fingerprint density at radius 3 is 2.73 bits per heavy atom. The molecule has 1 saturated heterocycles. The molecule has 3 aromatic rings. The first kappa shape index (κ1) is 18.7. The Morgan fingerprint density at radius 2 is 1.90 bits per heavy atom. The van der Waals surface area contributed by atoms with Crippen LogP contribution in [0.2, 0.25) is 0 Å². The third-order valence-electron chi connectivity index (χ3n) is 5.96. The highest BCUT2D eigenvalue weighted by molar-refractivity contribution is 5.96. The standard InChI is InChI=1S/C23H24N4O3/c1-15(28)27-14-21(30-20-11-5-4-10-19(20)27)23(29)26-12-6-7-16(13-26)22-24-17-8-2-3-9-18(17)25-22/h2-5,8-11,16,21H,6-7,12-14H2,1H3,(H,24,25)/t16-,21-/m0/s1. The second-order valence-corrected chi connectivity index (χ2v) is 7.97. The van der Waals surface area contributed by atoms with E-state index in [9.17, 15) is 9.59 Å². The van der Waals surface area contributed by atoms with Gasteiger partial charge in [-0.05, 0) is 37.1 Å². The van der Waals surface area contributed by atoms with Crippen molar-refractivity contribution in [1.29, 1.82) is 0 Å². The van der Waals surface area contributed by atoms with E-state index in [2.05, 4.69) is 4.98 Å². The van der Waals surface area contributed by atoms with Gasteiger partial charge in [-0.2, -0.15) is 0 Å². The summed E-state index contributed by atoms with van der Waals surface area (Å²) in [7, 11) is 0. The summed E-state index contributed by atoms with van der Waals surface area (Å²) in [6.07, 6.45) is 1.20. The van der Waals surface area contributed by atoms with Crippen LogP contribution >= 0.6 is 0 Å². The van der Waals surface area contributed by atoms with Crippen molar-refractivity contribution in [2.24, 2.45) is 0 Å². The monoisotopic (exact) mass is 404 g/mol. The molecule has 2 aromatic carbocycles. The molecule has 2 aliphatic heterocycles. The zero-order valence-corrected chi connectivity index (χ0v) is 16.9. The van der Waals surface area contributed by atoms with Gasteiger partial charge in [-0.15, -0.1) is 0 Å². The summed E-state index contributed by atoms with van der Waals surface area (Å²) >= 11 is 0. The van der Waals surface area contributed by atoms with Crippen molar-refractivity contribution in [1.82, 2.24) is 14.9 Å². The third-order valence-corrected chi connectivity index (χ3v) is 5.96. The summed E-state index contributed by atoms with van der Waals surface area (Å²) in [6.45, 7) is 3.04. The van der Waals surface area contributed by atoms with Crippen molar-refractivity contribution >= 4 is 28.5 Å². The van der Waals surface area contributed by atoms with Crippen LogP contribution in [0.1, 0.15) is 31.5 Å². The van der Waals surface area contributed by atoms with Gasteiger partial charge in [0.1, 0.15) is 11.6 Å². The second-order valence-electron chi connectivity index (χ2n) is 7.97. The minimum Gasteiger partial charge on any atom is -0.476 e. The van der Waals surface area contributed by atoms with Gasteiger partial charge in [0.05, 0.1) is 23.3 Å². The molecule has 30 heavy (non-hydrogen) atoms. The number of aromatic nitrogens is 2. The number of H-pyrrole nitrogens is 1. The molecule has 7 nitrogen and oxygen atoms in total. The maximum atomic E-state index is 13.3. The molecule has 7 heteroatoms. The normalized spacial score (nSPS) is 21.2.